The zero-order chi connectivity index (χ0) is 18.7. The van der Waals surface area contributed by atoms with Crippen LogP contribution in [0.15, 0.2) is 18.9 Å². The molecule has 12 heteroatoms. The van der Waals surface area contributed by atoms with E-state index in [4.69, 9.17) is 21.5 Å². The molecule has 0 saturated heterocycles. The minimum atomic E-state index is -5.08. The molecule has 0 unspecified atom stereocenters. The van der Waals surface area contributed by atoms with Crippen LogP contribution in [0.3, 0.4) is 0 Å². The topological polar surface area (TPSA) is 97.9 Å². The Kier molecular flexibility index (Phi) is 5.68. The van der Waals surface area contributed by atoms with Crippen LogP contribution in [0.5, 0.6) is 0 Å². The van der Waals surface area contributed by atoms with E-state index in [-0.39, 0.29) is 5.54 Å². The zero-order valence-electron chi connectivity index (χ0n) is 13.2. The number of carboxylic acid groups (broad SMARTS) is 1. The molecule has 0 aromatic carbocycles. The number of alkyl halides is 3. The molecule has 1 aliphatic rings. The molecule has 1 aliphatic carbocycles. The number of hydrogen-bond donors (Lipinski definition) is 2. The third kappa shape index (κ3) is 5.16. The molecule has 3 rings (SSSR count). The summed E-state index contributed by atoms with van der Waals surface area (Å²) in [5.41, 5.74) is 0.992. The summed E-state index contributed by atoms with van der Waals surface area (Å²) < 4.78 is 35.4. The number of halogens is 4. The second-order valence-electron chi connectivity index (χ2n) is 5.57. The van der Waals surface area contributed by atoms with E-state index in [1.165, 1.54) is 0 Å². The first kappa shape index (κ1) is 19.2. The quantitative estimate of drug-likeness (QED) is 0.817. The Labute approximate surface area is 145 Å². The van der Waals surface area contributed by atoms with E-state index < -0.39 is 12.1 Å². The highest BCUT2D eigenvalue weighted by Crippen LogP contribution is 2.41. The lowest BCUT2D eigenvalue weighted by atomic mass is 10.2. The lowest BCUT2D eigenvalue weighted by molar-refractivity contribution is -0.192. The maximum Gasteiger partial charge on any atom is 0.490 e. The number of carboxylic acids is 1. The van der Waals surface area contributed by atoms with E-state index in [1.54, 1.807) is 17.3 Å². The van der Waals surface area contributed by atoms with Crippen molar-refractivity contribution >= 4 is 17.6 Å². The molecule has 2 aromatic rings. The number of hydrogen-bond acceptors (Lipinski definition) is 5. The Morgan fingerprint density at radius 2 is 2.12 bits per heavy atom. The van der Waals surface area contributed by atoms with Gasteiger partial charge in [-0.05, 0) is 12.8 Å². The number of carbonyl (C=O) groups is 1. The van der Waals surface area contributed by atoms with Gasteiger partial charge in [-0.1, -0.05) is 11.6 Å². The summed E-state index contributed by atoms with van der Waals surface area (Å²) in [7, 11) is 1.87. The number of nitrogens with one attached hydrogen (secondary N) is 1. The van der Waals surface area contributed by atoms with Crippen molar-refractivity contribution in [3.8, 4) is 0 Å². The van der Waals surface area contributed by atoms with Gasteiger partial charge in [0.25, 0.3) is 0 Å². The van der Waals surface area contributed by atoms with Gasteiger partial charge < -0.3 is 10.4 Å². The Hall–Kier alpha value is -2.14. The molecule has 8 nitrogen and oxygen atoms in total. The van der Waals surface area contributed by atoms with Gasteiger partial charge in [0.05, 0.1) is 16.3 Å². The third-order valence-electron chi connectivity index (χ3n) is 3.58. The second-order valence-corrected chi connectivity index (χ2v) is 5.98. The standard InChI is InChI=1S/C11H15ClN6.C2HF3O2/c1-17-5-9(12)10(16-17)4-13-6-11(2-3-11)18-8-14-7-15-18;3-2(4,5)1(6)7/h5,7-8,13H,2-4,6H2,1H3;(H,6,7). The third-order valence-corrected chi connectivity index (χ3v) is 3.89. The van der Waals surface area contributed by atoms with E-state index in [0.29, 0.717) is 11.6 Å². The minimum absolute atomic E-state index is 0.109. The highest BCUT2D eigenvalue weighted by atomic mass is 35.5. The first-order valence-corrected chi connectivity index (χ1v) is 7.56. The van der Waals surface area contributed by atoms with Crippen molar-refractivity contribution < 1.29 is 23.1 Å². The molecule has 1 saturated carbocycles. The fourth-order valence-electron chi connectivity index (χ4n) is 2.12. The summed E-state index contributed by atoms with van der Waals surface area (Å²) in [6.45, 7) is 1.54. The predicted octanol–water partition coefficient (Wildman–Crippen LogP) is 1.58. The van der Waals surface area contributed by atoms with Crippen molar-refractivity contribution in [2.45, 2.75) is 31.1 Å². The van der Waals surface area contributed by atoms with E-state index in [2.05, 4.69) is 20.5 Å². The summed E-state index contributed by atoms with van der Waals surface area (Å²) in [5, 5.41) is 19.7. The lowest BCUT2D eigenvalue weighted by Crippen LogP contribution is -2.32. The highest BCUT2D eigenvalue weighted by molar-refractivity contribution is 6.31. The summed E-state index contributed by atoms with van der Waals surface area (Å²) in [6.07, 6.45) is 2.36. The maximum atomic E-state index is 10.6. The van der Waals surface area contributed by atoms with Gasteiger partial charge in [0.15, 0.2) is 0 Å². The zero-order valence-corrected chi connectivity index (χ0v) is 13.9. The predicted molar refractivity (Wildman–Crippen MR) is 80.8 cm³/mol. The molecule has 0 atom stereocenters. The molecule has 138 valence electrons. The molecule has 2 N–H and O–H groups in total. The Bertz CT molecular complexity index is 712. The Morgan fingerprint density at radius 1 is 1.48 bits per heavy atom. The largest absolute Gasteiger partial charge is 0.490 e. The average molecular weight is 381 g/mol. The summed E-state index contributed by atoms with van der Waals surface area (Å²) in [6, 6.07) is 0. The summed E-state index contributed by atoms with van der Waals surface area (Å²) in [4.78, 5) is 12.9. The first-order valence-electron chi connectivity index (χ1n) is 7.18. The lowest BCUT2D eigenvalue weighted by Gasteiger charge is -2.15. The van der Waals surface area contributed by atoms with Crippen LogP contribution in [0.25, 0.3) is 0 Å². The number of aromatic nitrogens is 5. The molecule has 0 aliphatic heterocycles. The van der Waals surface area contributed by atoms with Crippen LogP contribution in [0.4, 0.5) is 13.2 Å². The molecule has 25 heavy (non-hydrogen) atoms. The monoisotopic (exact) mass is 380 g/mol. The van der Waals surface area contributed by atoms with Gasteiger partial charge in [0.2, 0.25) is 0 Å². The van der Waals surface area contributed by atoms with Crippen LogP contribution in [0.2, 0.25) is 5.02 Å². The van der Waals surface area contributed by atoms with Crippen molar-refractivity contribution in [1.29, 1.82) is 0 Å². The fourth-order valence-corrected chi connectivity index (χ4v) is 2.37. The Balaban J connectivity index is 0.000000277. The van der Waals surface area contributed by atoms with E-state index in [1.807, 2.05) is 17.9 Å². The molecule has 2 heterocycles. The summed E-state index contributed by atoms with van der Waals surface area (Å²) >= 11 is 6.06. The molecule has 2 aromatic heterocycles. The van der Waals surface area contributed by atoms with Crippen LogP contribution in [0, 0.1) is 0 Å². The van der Waals surface area contributed by atoms with Crippen molar-refractivity contribution in [2.24, 2.45) is 7.05 Å². The van der Waals surface area contributed by atoms with E-state index in [9.17, 15) is 13.2 Å². The molecule has 0 radical (unpaired) electrons. The number of rotatable bonds is 5. The normalized spacial score (nSPS) is 15.4. The van der Waals surface area contributed by atoms with Crippen molar-refractivity contribution in [3.05, 3.63) is 29.6 Å². The first-order chi connectivity index (χ1) is 11.6. The van der Waals surface area contributed by atoms with Gasteiger partial charge >= 0.3 is 12.1 Å². The van der Waals surface area contributed by atoms with Gasteiger partial charge in [0.1, 0.15) is 12.7 Å². The number of nitrogens with zero attached hydrogens (tertiary/aromatic N) is 5. The molecule has 0 amide bonds. The van der Waals surface area contributed by atoms with Crippen LogP contribution in [0.1, 0.15) is 18.5 Å². The molecule has 0 spiro atoms. The number of aliphatic carboxylic acids is 1. The van der Waals surface area contributed by atoms with Crippen molar-refractivity contribution in [2.75, 3.05) is 6.54 Å². The fraction of sp³-hybridized carbons (Fsp3) is 0.538. The molecular formula is C13H16ClF3N6O2. The van der Waals surface area contributed by atoms with Gasteiger partial charge in [0, 0.05) is 26.3 Å². The maximum absolute atomic E-state index is 10.6. The van der Waals surface area contributed by atoms with Gasteiger partial charge in [-0.25, -0.2) is 14.5 Å². The van der Waals surface area contributed by atoms with Crippen LogP contribution in [-0.4, -0.2) is 48.3 Å². The number of aryl methyl sites for hydroxylation is 1. The van der Waals surface area contributed by atoms with Gasteiger partial charge in [-0.3, -0.25) is 4.68 Å². The average Bonchev–Trinajstić information content (AvgIpc) is 2.93. The van der Waals surface area contributed by atoms with Crippen LogP contribution < -0.4 is 5.32 Å². The van der Waals surface area contributed by atoms with Crippen LogP contribution >= 0.6 is 11.6 Å². The highest BCUT2D eigenvalue weighted by Gasteiger charge is 2.45. The van der Waals surface area contributed by atoms with Crippen molar-refractivity contribution in [1.82, 2.24) is 29.9 Å². The van der Waals surface area contributed by atoms with Crippen molar-refractivity contribution in [3.63, 3.8) is 0 Å². The Morgan fingerprint density at radius 3 is 2.52 bits per heavy atom. The molecule has 1 fully saturated rings. The molecular weight excluding hydrogens is 365 g/mol. The van der Waals surface area contributed by atoms with E-state index >= 15 is 0 Å². The minimum Gasteiger partial charge on any atom is -0.475 e. The SMILES string of the molecule is Cn1cc(Cl)c(CNCC2(n3cncn3)CC2)n1.O=C(O)C(F)(F)F. The summed E-state index contributed by atoms with van der Waals surface area (Å²) in [5.74, 6) is -2.76. The smallest absolute Gasteiger partial charge is 0.475 e. The van der Waals surface area contributed by atoms with Gasteiger partial charge in [-0.2, -0.15) is 23.4 Å². The molecule has 0 bridgehead atoms. The van der Waals surface area contributed by atoms with E-state index in [0.717, 1.165) is 25.1 Å². The van der Waals surface area contributed by atoms with Crippen LogP contribution in [-0.2, 0) is 23.9 Å². The van der Waals surface area contributed by atoms with Gasteiger partial charge in [-0.15, -0.1) is 0 Å². The second kappa shape index (κ2) is 7.40.